The number of hydrogen-bond donors (Lipinski definition) is 2. The van der Waals surface area contributed by atoms with E-state index in [1.165, 1.54) is 24.0 Å². The standard InChI is InChI=1S/C11H10BrN3OS/c12-8-1-2-9(7(5-8)6-13)17-11-14-4-3-10(16)15-11/h1-5H,6,13H2,(H,14,15,16). The molecule has 0 aliphatic heterocycles. The maximum Gasteiger partial charge on any atom is 0.251 e. The molecule has 6 heteroatoms. The summed E-state index contributed by atoms with van der Waals surface area (Å²) in [6.45, 7) is 0.443. The van der Waals surface area contributed by atoms with Crippen LogP contribution in [0.1, 0.15) is 5.56 Å². The third kappa shape index (κ3) is 3.18. The molecule has 1 heterocycles. The van der Waals surface area contributed by atoms with Crippen molar-refractivity contribution in [3.63, 3.8) is 0 Å². The average Bonchev–Trinajstić information content (AvgIpc) is 2.31. The van der Waals surface area contributed by atoms with E-state index in [4.69, 9.17) is 5.73 Å². The van der Waals surface area contributed by atoms with Crippen LogP contribution in [0, 0.1) is 0 Å². The molecular formula is C11H10BrN3OS. The predicted molar refractivity (Wildman–Crippen MR) is 71.0 cm³/mol. The summed E-state index contributed by atoms with van der Waals surface area (Å²) in [6, 6.07) is 7.23. The van der Waals surface area contributed by atoms with Crippen LogP contribution in [0.4, 0.5) is 0 Å². The van der Waals surface area contributed by atoms with Crippen LogP contribution in [0.25, 0.3) is 0 Å². The van der Waals surface area contributed by atoms with E-state index in [0.29, 0.717) is 11.7 Å². The van der Waals surface area contributed by atoms with Crippen molar-refractivity contribution >= 4 is 27.7 Å². The average molecular weight is 312 g/mol. The Labute approximate surface area is 111 Å². The van der Waals surface area contributed by atoms with Crippen molar-refractivity contribution in [3.8, 4) is 0 Å². The number of nitrogens with one attached hydrogen (secondary N) is 1. The van der Waals surface area contributed by atoms with Gasteiger partial charge in [0.15, 0.2) is 5.16 Å². The number of rotatable bonds is 3. The van der Waals surface area contributed by atoms with Crippen LogP contribution in [0.3, 0.4) is 0 Å². The molecule has 88 valence electrons. The van der Waals surface area contributed by atoms with Crippen molar-refractivity contribution in [1.82, 2.24) is 9.97 Å². The van der Waals surface area contributed by atoms with Crippen molar-refractivity contribution in [3.05, 3.63) is 50.9 Å². The van der Waals surface area contributed by atoms with E-state index >= 15 is 0 Å². The van der Waals surface area contributed by atoms with E-state index in [1.54, 1.807) is 0 Å². The molecule has 1 aromatic carbocycles. The number of nitrogens with zero attached hydrogens (tertiary/aromatic N) is 1. The molecule has 0 spiro atoms. The van der Waals surface area contributed by atoms with Crippen molar-refractivity contribution in [1.29, 1.82) is 0 Å². The quantitative estimate of drug-likeness (QED) is 0.852. The van der Waals surface area contributed by atoms with Crippen molar-refractivity contribution in [2.24, 2.45) is 5.73 Å². The molecule has 2 rings (SSSR count). The van der Waals surface area contributed by atoms with E-state index in [-0.39, 0.29) is 5.56 Å². The third-order valence-electron chi connectivity index (χ3n) is 2.10. The summed E-state index contributed by atoms with van der Waals surface area (Å²) < 4.78 is 0.983. The highest BCUT2D eigenvalue weighted by Crippen LogP contribution is 2.29. The summed E-state index contributed by atoms with van der Waals surface area (Å²) in [5.74, 6) is 0. The zero-order chi connectivity index (χ0) is 12.3. The van der Waals surface area contributed by atoms with Gasteiger partial charge in [0.25, 0.3) is 5.56 Å². The van der Waals surface area contributed by atoms with Gasteiger partial charge in [0, 0.05) is 28.2 Å². The van der Waals surface area contributed by atoms with Gasteiger partial charge in [0.2, 0.25) is 0 Å². The molecule has 0 amide bonds. The van der Waals surface area contributed by atoms with Gasteiger partial charge in [-0.3, -0.25) is 4.79 Å². The van der Waals surface area contributed by atoms with Crippen molar-refractivity contribution in [2.75, 3.05) is 0 Å². The Kier molecular flexibility index (Phi) is 3.98. The lowest BCUT2D eigenvalue weighted by molar-refractivity contribution is 0.932. The van der Waals surface area contributed by atoms with Crippen LogP contribution >= 0.6 is 27.7 Å². The minimum Gasteiger partial charge on any atom is -0.326 e. The molecule has 3 N–H and O–H groups in total. The lowest BCUT2D eigenvalue weighted by atomic mass is 10.2. The van der Waals surface area contributed by atoms with Gasteiger partial charge in [-0.15, -0.1) is 0 Å². The Bertz CT molecular complexity index is 585. The van der Waals surface area contributed by atoms with E-state index in [2.05, 4.69) is 25.9 Å². The zero-order valence-corrected chi connectivity index (χ0v) is 11.2. The zero-order valence-electron chi connectivity index (χ0n) is 8.81. The Morgan fingerprint density at radius 2 is 2.24 bits per heavy atom. The summed E-state index contributed by atoms with van der Waals surface area (Å²) in [4.78, 5) is 18.9. The lowest BCUT2D eigenvalue weighted by Gasteiger charge is -2.06. The summed E-state index contributed by atoms with van der Waals surface area (Å²) in [7, 11) is 0. The molecule has 0 saturated heterocycles. The van der Waals surface area contributed by atoms with Crippen LogP contribution in [0.2, 0.25) is 0 Å². The molecule has 0 atom stereocenters. The number of benzene rings is 1. The molecule has 0 aliphatic rings. The van der Waals surface area contributed by atoms with Gasteiger partial charge in [-0.1, -0.05) is 27.7 Å². The number of nitrogens with two attached hydrogens (primary N) is 1. The Balaban J connectivity index is 2.33. The molecule has 0 saturated carbocycles. The normalized spacial score (nSPS) is 10.5. The van der Waals surface area contributed by atoms with Crippen LogP contribution in [-0.4, -0.2) is 9.97 Å². The highest BCUT2D eigenvalue weighted by atomic mass is 79.9. The first-order chi connectivity index (χ1) is 8.19. The molecular weight excluding hydrogens is 302 g/mol. The van der Waals surface area contributed by atoms with Crippen LogP contribution in [-0.2, 0) is 6.54 Å². The molecule has 0 fully saturated rings. The topological polar surface area (TPSA) is 71.8 Å². The number of H-pyrrole nitrogens is 1. The van der Waals surface area contributed by atoms with Gasteiger partial charge < -0.3 is 10.7 Å². The fourth-order valence-electron chi connectivity index (χ4n) is 1.32. The molecule has 0 aliphatic carbocycles. The van der Waals surface area contributed by atoms with E-state index in [0.717, 1.165) is 14.9 Å². The van der Waals surface area contributed by atoms with Crippen LogP contribution in [0.5, 0.6) is 0 Å². The molecule has 1 aromatic heterocycles. The van der Waals surface area contributed by atoms with Gasteiger partial charge in [0.1, 0.15) is 0 Å². The predicted octanol–water partition coefficient (Wildman–Crippen LogP) is 2.14. The fourth-order valence-corrected chi connectivity index (χ4v) is 2.61. The Morgan fingerprint density at radius 3 is 2.94 bits per heavy atom. The van der Waals surface area contributed by atoms with E-state index < -0.39 is 0 Å². The SMILES string of the molecule is NCc1cc(Br)ccc1Sc1nccc(=O)[nH]1. The first-order valence-electron chi connectivity index (χ1n) is 4.91. The molecule has 0 radical (unpaired) electrons. The summed E-state index contributed by atoms with van der Waals surface area (Å²) >= 11 is 4.79. The highest BCUT2D eigenvalue weighted by Gasteiger charge is 2.05. The van der Waals surface area contributed by atoms with Gasteiger partial charge in [-0.25, -0.2) is 4.98 Å². The largest absolute Gasteiger partial charge is 0.326 e. The number of aromatic amines is 1. The Morgan fingerprint density at radius 1 is 1.41 bits per heavy atom. The third-order valence-corrected chi connectivity index (χ3v) is 3.61. The second-order valence-electron chi connectivity index (χ2n) is 3.30. The summed E-state index contributed by atoms with van der Waals surface area (Å²) in [5, 5.41) is 0.564. The van der Waals surface area contributed by atoms with Crippen LogP contribution < -0.4 is 11.3 Å². The number of halogens is 1. The maximum absolute atomic E-state index is 11.1. The minimum atomic E-state index is -0.158. The van der Waals surface area contributed by atoms with Gasteiger partial charge >= 0.3 is 0 Å². The minimum absolute atomic E-state index is 0.158. The maximum atomic E-state index is 11.1. The highest BCUT2D eigenvalue weighted by molar-refractivity contribution is 9.10. The smallest absolute Gasteiger partial charge is 0.251 e. The second kappa shape index (κ2) is 5.48. The van der Waals surface area contributed by atoms with Crippen molar-refractivity contribution < 1.29 is 0 Å². The molecule has 2 aromatic rings. The van der Waals surface area contributed by atoms with E-state index in [9.17, 15) is 4.79 Å². The number of hydrogen-bond acceptors (Lipinski definition) is 4. The van der Waals surface area contributed by atoms with E-state index in [1.807, 2.05) is 18.2 Å². The fraction of sp³-hybridized carbons (Fsp3) is 0.0909. The molecule has 0 bridgehead atoms. The van der Waals surface area contributed by atoms with Gasteiger partial charge in [-0.2, -0.15) is 0 Å². The summed E-state index contributed by atoms with van der Waals surface area (Å²) in [6.07, 6.45) is 1.49. The first kappa shape index (κ1) is 12.3. The van der Waals surface area contributed by atoms with Crippen LogP contribution in [0.15, 0.2) is 49.8 Å². The molecule has 17 heavy (non-hydrogen) atoms. The Hall–Kier alpha value is -1.11. The van der Waals surface area contributed by atoms with Gasteiger partial charge in [0.05, 0.1) is 0 Å². The summed E-state index contributed by atoms with van der Waals surface area (Å²) in [5.41, 5.74) is 6.53. The molecule has 4 nitrogen and oxygen atoms in total. The number of aromatic nitrogens is 2. The monoisotopic (exact) mass is 311 g/mol. The first-order valence-corrected chi connectivity index (χ1v) is 6.51. The second-order valence-corrected chi connectivity index (χ2v) is 5.24. The van der Waals surface area contributed by atoms with Gasteiger partial charge in [-0.05, 0) is 23.8 Å². The lowest BCUT2D eigenvalue weighted by Crippen LogP contribution is -2.05. The van der Waals surface area contributed by atoms with Crippen molar-refractivity contribution in [2.45, 2.75) is 16.6 Å². The molecule has 0 unspecified atom stereocenters.